The molecule has 0 spiro atoms. The molecule has 1 aromatic heterocycles. The van der Waals surface area contributed by atoms with E-state index in [-0.39, 0.29) is 5.75 Å². The lowest BCUT2D eigenvalue weighted by Crippen LogP contribution is -2.37. The summed E-state index contributed by atoms with van der Waals surface area (Å²) >= 11 is 2.56. The van der Waals surface area contributed by atoms with Crippen LogP contribution < -0.4 is 10.6 Å². The number of hydrogen-bond acceptors (Lipinski definition) is 8. The summed E-state index contributed by atoms with van der Waals surface area (Å²) in [6, 6.07) is 2.15. The molecule has 1 saturated heterocycles. The first-order chi connectivity index (χ1) is 10.2. The number of carbonyl (C=O) groups excluding carboxylic acids is 1. The van der Waals surface area contributed by atoms with Crippen molar-refractivity contribution in [3.8, 4) is 6.07 Å². The van der Waals surface area contributed by atoms with Crippen LogP contribution >= 0.6 is 23.5 Å². The van der Waals surface area contributed by atoms with Crippen LogP contribution in [0.5, 0.6) is 0 Å². The van der Waals surface area contributed by atoms with Crippen LogP contribution in [0.1, 0.15) is 5.56 Å². The third-order valence-electron chi connectivity index (χ3n) is 2.79. The lowest BCUT2D eigenvalue weighted by Gasteiger charge is -2.28. The Hall–Kier alpha value is -1.50. The Kier molecular flexibility index (Phi) is 5.67. The maximum Gasteiger partial charge on any atom is 0.227 e. The number of aromatic nitrogens is 2. The van der Waals surface area contributed by atoms with Gasteiger partial charge in [-0.05, 0) is 6.26 Å². The molecule has 2 N–H and O–H groups in total. The van der Waals surface area contributed by atoms with Gasteiger partial charge in [-0.1, -0.05) is 23.5 Å². The maximum absolute atomic E-state index is 11.0. The standard InChI is InChI=1S/C12H15N5O2S2/c1-20-12-15-10(17-2-4-19-5-3-17)8(6-13)11(16-12)21-7-9(14)18/h2-5,7H2,1H3,(H2,14,18). The monoisotopic (exact) mass is 325 g/mol. The Balaban J connectivity index is 2.39. The van der Waals surface area contributed by atoms with Crippen molar-refractivity contribution in [1.82, 2.24) is 9.97 Å². The molecule has 0 atom stereocenters. The Labute approximate surface area is 131 Å². The summed E-state index contributed by atoms with van der Waals surface area (Å²) in [7, 11) is 0. The minimum absolute atomic E-state index is 0.0854. The number of hydrogen-bond donors (Lipinski definition) is 1. The van der Waals surface area contributed by atoms with Gasteiger partial charge in [0.1, 0.15) is 16.7 Å². The number of anilines is 1. The van der Waals surface area contributed by atoms with Crippen LogP contribution in [0.25, 0.3) is 0 Å². The van der Waals surface area contributed by atoms with E-state index in [2.05, 4.69) is 16.0 Å². The van der Waals surface area contributed by atoms with Gasteiger partial charge in [-0.25, -0.2) is 9.97 Å². The zero-order chi connectivity index (χ0) is 15.2. The third-order valence-corrected chi connectivity index (χ3v) is 4.34. The third kappa shape index (κ3) is 4.00. The van der Waals surface area contributed by atoms with E-state index in [1.165, 1.54) is 23.5 Å². The summed E-state index contributed by atoms with van der Waals surface area (Å²) in [5.41, 5.74) is 5.55. The predicted octanol–water partition coefficient (Wildman–Crippen LogP) is 0.484. The van der Waals surface area contributed by atoms with E-state index in [1.54, 1.807) is 0 Å². The number of nitrogens with zero attached hydrogens (tertiary/aromatic N) is 4. The molecule has 0 bridgehead atoms. The van der Waals surface area contributed by atoms with E-state index < -0.39 is 5.91 Å². The molecule has 0 saturated carbocycles. The molecule has 1 amide bonds. The molecule has 112 valence electrons. The fraction of sp³-hybridized carbons (Fsp3) is 0.500. The van der Waals surface area contributed by atoms with Gasteiger partial charge in [0.25, 0.3) is 0 Å². The summed E-state index contributed by atoms with van der Waals surface area (Å²) < 4.78 is 5.32. The van der Waals surface area contributed by atoms with Gasteiger partial charge in [0, 0.05) is 13.1 Å². The second kappa shape index (κ2) is 7.49. The van der Waals surface area contributed by atoms with E-state index in [0.717, 1.165) is 0 Å². The summed E-state index contributed by atoms with van der Waals surface area (Å²) in [5.74, 6) is 0.246. The van der Waals surface area contributed by atoms with Gasteiger partial charge in [-0.3, -0.25) is 4.79 Å². The Morgan fingerprint density at radius 3 is 2.76 bits per heavy atom. The molecule has 0 aromatic carbocycles. The highest BCUT2D eigenvalue weighted by molar-refractivity contribution is 8.00. The van der Waals surface area contributed by atoms with Crippen molar-refractivity contribution < 1.29 is 9.53 Å². The van der Waals surface area contributed by atoms with Crippen LogP contribution in [-0.4, -0.2) is 54.2 Å². The minimum Gasteiger partial charge on any atom is -0.378 e. The first-order valence-electron chi connectivity index (χ1n) is 6.25. The van der Waals surface area contributed by atoms with Gasteiger partial charge in [-0.15, -0.1) is 0 Å². The largest absolute Gasteiger partial charge is 0.378 e. The average molecular weight is 325 g/mol. The van der Waals surface area contributed by atoms with Crippen LogP contribution in [-0.2, 0) is 9.53 Å². The van der Waals surface area contributed by atoms with Crippen molar-refractivity contribution in [3.63, 3.8) is 0 Å². The van der Waals surface area contributed by atoms with Crippen LogP contribution in [0.15, 0.2) is 10.2 Å². The van der Waals surface area contributed by atoms with Gasteiger partial charge >= 0.3 is 0 Å². The van der Waals surface area contributed by atoms with Gasteiger partial charge in [0.2, 0.25) is 5.91 Å². The number of amides is 1. The highest BCUT2D eigenvalue weighted by Crippen LogP contribution is 2.30. The summed E-state index contributed by atoms with van der Waals surface area (Å²) in [6.07, 6.45) is 1.87. The highest BCUT2D eigenvalue weighted by atomic mass is 32.2. The number of morpholine rings is 1. The summed E-state index contributed by atoms with van der Waals surface area (Å²) in [4.78, 5) is 21.7. The Morgan fingerprint density at radius 1 is 1.48 bits per heavy atom. The number of carbonyl (C=O) groups is 1. The fourth-order valence-corrected chi connectivity index (χ4v) is 2.98. The summed E-state index contributed by atoms with van der Waals surface area (Å²) in [6.45, 7) is 2.57. The second-order valence-electron chi connectivity index (χ2n) is 4.18. The van der Waals surface area contributed by atoms with Crippen LogP contribution in [0.4, 0.5) is 5.82 Å². The van der Waals surface area contributed by atoms with Gasteiger partial charge in [0.15, 0.2) is 11.0 Å². The van der Waals surface area contributed by atoms with E-state index in [4.69, 9.17) is 10.5 Å². The second-order valence-corrected chi connectivity index (χ2v) is 5.92. The molecule has 1 aliphatic heterocycles. The lowest BCUT2D eigenvalue weighted by molar-refractivity contribution is -0.115. The van der Waals surface area contributed by atoms with Crippen molar-refractivity contribution in [1.29, 1.82) is 5.26 Å². The Bertz CT molecular complexity index is 570. The number of thioether (sulfide) groups is 2. The number of rotatable bonds is 5. The molecule has 2 heterocycles. The number of nitrogens with two attached hydrogens (primary N) is 1. The molecular weight excluding hydrogens is 310 g/mol. The molecule has 7 nitrogen and oxygen atoms in total. The average Bonchev–Trinajstić information content (AvgIpc) is 2.52. The maximum atomic E-state index is 11.0. The van der Waals surface area contributed by atoms with Crippen molar-refractivity contribution in [2.24, 2.45) is 5.73 Å². The van der Waals surface area contributed by atoms with Crippen molar-refractivity contribution in [3.05, 3.63) is 5.56 Å². The topological polar surface area (TPSA) is 105 Å². The van der Waals surface area contributed by atoms with Gasteiger partial charge < -0.3 is 15.4 Å². The van der Waals surface area contributed by atoms with Crippen molar-refractivity contribution in [2.75, 3.05) is 43.2 Å². The molecule has 0 radical (unpaired) electrons. The molecule has 9 heteroatoms. The van der Waals surface area contributed by atoms with Gasteiger partial charge in [-0.2, -0.15) is 5.26 Å². The zero-order valence-electron chi connectivity index (χ0n) is 11.5. The molecule has 1 aliphatic rings. The van der Waals surface area contributed by atoms with E-state index in [0.29, 0.717) is 47.9 Å². The van der Waals surface area contributed by atoms with E-state index in [1.807, 2.05) is 11.2 Å². The molecule has 1 aromatic rings. The lowest BCUT2D eigenvalue weighted by atomic mass is 10.3. The highest BCUT2D eigenvalue weighted by Gasteiger charge is 2.21. The van der Waals surface area contributed by atoms with Gasteiger partial charge in [0.05, 0.1) is 19.0 Å². The Morgan fingerprint density at radius 2 is 2.19 bits per heavy atom. The van der Waals surface area contributed by atoms with Crippen molar-refractivity contribution >= 4 is 35.2 Å². The number of nitriles is 1. The van der Waals surface area contributed by atoms with Crippen LogP contribution in [0.2, 0.25) is 0 Å². The summed E-state index contributed by atoms with van der Waals surface area (Å²) in [5, 5.41) is 10.5. The minimum atomic E-state index is -0.443. The molecule has 0 unspecified atom stereocenters. The normalized spacial score (nSPS) is 14.8. The van der Waals surface area contributed by atoms with E-state index in [9.17, 15) is 10.1 Å². The molecule has 2 rings (SSSR count). The fourth-order valence-electron chi connectivity index (χ4n) is 1.85. The van der Waals surface area contributed by atoms with Crippen LogP contribution in [0.3, 0.4) is 0 Å². The molecule has 0 aliphatic carbocycles. The molecule has 1 fully saturated rings. The molecule has 21 heavy (non-hydrogen) atoms. The zero-order valence-corrected chi connectivity index (χ0v) is 13.2. The first kappa shape index (κ1) is 15.9. The number of ether oxygens (including phenoxy) is 1. The van der Waals surface area contributed by atoms with Crippen molar-refractivity contribution in [2.45, 2.75) is 10.2 Å². The SMILES string of the molecule is CSc1nc(SCC(N)=O)c(C#N)c(N2CCOCC2)n1. The molecular formula is C12H15N5O2S2. The van der Waals surface area contributed by atoms with E-state index >= 15 is 0 Å². The van der Waals surface area contributed by atoms with Crippen LogP contribution in [0, 0.1) is 11.3 Å². The quantitative estimate of drug-likeness (QED) is 0.473. The smallest absolute Gasteiger partial charge is 0.227 e. The predicted molar refractivity (Wildman–Crippen MR) is 81.5 cm³/mol. The number of primary amides is 1. The first-order valence-corrected chi connectivity index (χ1v) is 8.46.